The standard InChI is InChI=1S/C14H15F3N2S/c1-9-8-20-13(19-9)7-18-10(2)11-3-5-12(6-4-11)14(15,16)17/h3-6,8,10,18H,7H2,1-2H3. The van der Waals surface area contributed by atoms with Gasteiger partial charge >= 0.3 is 6.18 Å². The highest BCUT2D eigenvalue weighted by Gasteiger charge is 2.30. The molecule has 0 saturated heterocycles. The number of halogens is 3. The Morgan fingerprint density at radius 3 is 2.40 bits per heavy atom. The van der Waals surface area contributed by atoms with E-state index in [9.17, 15) is 13.2 Å². The summed E-state index contributed by atoms with van der Waals surface area (Å²) in [5.41, 5.74) is 1.18. The second-order valence-corrected chi connectivity index (χ2v) is 5.55. The summed E-state index contributed by atoms with van der Waals surface area (Å²) in [5.74, 6) is 0. The summed E-state index contributed by atoms with van der Waals surface area (Å²) in [6, 6.07) is 5.21. The highest BCUT2D eigenvalue weighted by molar-refractivity contribution is 7.09. The molecular formula is C14H15F3N2S. The van der Waals surface area contributed by atoms with E-state index < -0.39 is 11.7 Å². The van der Waals surface area contributed by atoms with Crippen molar-refractivity contribution in [1.29, 1.82) is 0 Å². The lowest BCUT2D eigenvalue weighted by molar-refractivity contribution is -0.137. The Kier molecular flexibility index (Phi) is 4.45. The average molecular weight is 300 g/mol. The summed E-state index contributed by atoms with van der Waals surface area (Å²) >= 11 is 1.57. The van der Waals surface area contributed by atoms with Crippen LogP contribution in [0.5, 0.6) is 0 Å². The molecule has 1 heterocycles. The number of aromatic nitrogens is 1. The number of hydrogen-bond donors (Lipinski definition) is 1. The van der Waals surface area contributed by atoms with Gasteiger partial charge in [-0.25, -0.2) is 4.98 Å². The van der Waals surface area contributed by atoms with E-state index in [1.807, 2.05) is 19.2 Å². The predicted octanol–water partition coefficient (Wildman–Crippen LogP) is 4.32. The fraction of sp³-hybridized carbons (Fsp3) is 0.357. The molecule has 1 aromatic heterocycles. The average Bonchev–Trinajstić information content (AvgIpc) is 2.81. The lowest BCUT2D eigenvalue weighted by Crippen LogP contribution is -2.18. The lowest BCUT2D eigenvalue weighted by atomic mass is 10.1. The molecule has 1 unspecified atom stereocenters. The maximum atomic E-state index is 12.5. The first-order chi connectivity index (χ1) is 9.36. The van der Waals surface area contributed by atoms with Gasteiger partial charge in [-0.3, -0.25) is 0 Å². The van der Waals surface area contributed by atoms with E-state index in [0.29, 0.717) is 6.54 Å². The highest BCUT2D eigenvalue weighted by atomic mass is 32.1. The minimum Gasteiger partial charge on any atom is -0.304 e. The summed E-state index contributed by atoms with van der Waals surface area (Å²) in [5, 5.41) is 6.20. The highest BCUT2D eigenvalue weighted by Crippen LogP contribution is 2.29. The van der Waals surface area contributed by atoms with Crippen LogP contribution in [0.1, 0.15) is 34.8 Å². The van der Waals surface area contributed by atoms with Crippen LogP contribution in [0.25, 0.3) is 0 Å². The van der Waals surface area contributed by atoms with Crippen molar-refractivity contribution in [3.63, 3.8) is 0 Å². The summed E-state index contributed by atoms with van der Waals surface area (Å²) in [6.07, 6.45) is -4.28. The van der Waals surface area contributed by atoms with Gasteiger partial charge < -0.3 is 5.32 Å². The number of benzene rings is 1. The van der Waals surface area contributed by atoms with Gasteiger partial charge in [-0.1, -0.05) is 12.1 Å². The zero-order valence-electron chi connectivity index (χ0n) is 11.2. The number of thiazole rings is 1. The molecule has 20 heavy (non-hydrogen) atoms. The maximum absolute atomic E-state index is 12.5. The number of hydrogen-bond acceptors (Lipinski definition) is 3. The van der Waals surface area contributed by atoms with Crippen LogP contribution >= 0.6 is 11.3 Å². The Morgan fingerprint density at radius 2 is 1.90 bits per heavy atom. The van der Waals surface area contributed by atoms with Crippen LogP contribution < -0.4 is 5.32 Å². The largest absolute Gasteiger partial charge is 0.416 e. The van der Waals surface area contributed by atoms with Crippen LogP contribution in [-0.2, 0) is 12.7 Å². The van der Waals surface area contributed by atoms with E-state index in [-0.39, 0.29) is 6.04 Å². The van der Waals surface area contributed by atoms with Gasteiger partial charge in [-0.2, -0.15) is 13.2 Å². The van der Waals surface area contributed by atoms with Crippen LogP contribution in [0.4, 0.5) is 13.2 Å². The van der Waals surface area contributed by atoms with Crippen molar-refractivity contribution in [3.8, 4) is 0 Å². The number of alkyl halides is 3. The molecule has 0 bridgehead atoms. The van der Waals surface area contributed by atoms with E-state index >= 15 is 0 Å². The van der Waals surface area contributed by atoms with E-state index in [1.165, 1.54) is 12.1 Å². The van der Waals surface area contributed by atoms with Crippen LogP contribution in [0.3, 0.4) is 0 Å². The molecule has 0 aliphatic carbocycles. The van der Waals surface area contributed by atoms with Gasteiger partial charge in [-0.05, 0) is 31.5 Å². The molecule has 0 fully saturated rings. The summed E-state index contributed by atoms with van der Waals surface area (Å²) in [6.45, 7) is 4.46. The number of nitrogens with one attached hydrogen (secondary N) is 1. The smallest absolute Gasteiger partial charge is 0.304 e. The Morgan fingerprint density at radius 1 is 1.25 bits per heavy atom. The molecular weight excluding hydrogens is 285 g/mol. The van der Waals surface area contributed by atoms with Crippen LogP contribution in [0.2, 0.25) is 0 Å². The fourth-order valence-corrected chi connectivity index (χ4v) is 2.53. The molecule has 2 aromatic rings. The molecule has 6 heteroatoms. The summed E-state index contributed by atoms with van der Waals surface area (Å²) in [4.78, 5) is 4.33. The number of nitrogens with zero attached hydrogens (tertiary/aromatic N) is 1. The SMILES string of the molecule is Cc1csc(CNC(C)c2ccc(C(F)(F)F)cc2)n1. The quantitative estimate of drug-likeness (QED) is 0.909. The van der Waals surface area contributed by atoms with E-state index in [4.69, 9.17) is 0 Å². The molecule has 0 aliphatic heterocycles. The molecule has 1 aromatic carbocycles. The molecule has 0 radical (unpaired) electrons. The third kappa shape index (κ3) is 3.80. The summed E-state index contributed by atoms with van der Waals surface area (Å²) in [7, 11) is 0. The van der Waals surface area contributed by atoms with E-state index in [1.54, 1.807) is 11.3 Å². The molecule has 1 N–H and O–H groups in total. The molecule has 2 rings (SSSR count). The fourth-order valence-electron chi connectivity index (χ4n) is 1.80. The maximum Gasteiger partial charge on any atom is 0.416 e. The van der Waals surface area contributed by atoms with Crippen LogP contribution in [-0.4, -0.2) is 4.98 Å². The van der Waals surface area contributed by atoms with Gasteiger partial charge in [0.2, 0.25) is 0 Å². The molecule has 1 atom stereocenters. The first-order valence-corrected chi connectivity index (χ1v) is 7.06. The van der Waals surface area contributed by atoms with Gasteiger partial charge in [0.05, 0.1) is 5.56 Å². The monoisotopic (exact) mass is 300 g/mol. The molecule has 2 nitrogen and oxygen atoms in total. The van der Waals surface area contributed by atoms with Crippen molar-refractivity contribution < 1.29 is 13.2 Å². The third-order valence-electron chi connectivity index (χ3n) is 2.96. The zero-order valence-corrected chi connectivity index (χ0v) is 12.0. The normalized spacial score (nSPS) is 13.4. The summed E-state index contributed by atoms with van der Waals surface area (Å²) < 4.78 is 37.4. The van der Waals surface area contributed by atoms with Gasteiger partial charge in [0.25, 0.3) is 0 Å². The molecule has 0 amide bonds. The second kappa shape index (κ2) is 5.93. The first kappa shape index (κ1) is 15.0. The molecule has 108 valence electrons. The van der Waals surface area contributed by atoms with Crippen LogP contribution in [0.15, 0.2) is 29.6 Å². The van der Waals surface area contributed by atoms with Gasteiger partial charge in [-0.15, -0.1) is 11.3 Å². The topological polar surface area (TPSA) is 24.9 Å². The van der Waals surface area contributed by atoms with Crippen molar-refractivity contribution in [1.82, 2.24) is 10.3 Å². The third-order valence-corrected chi connectivity index (χ3v) is 3.93. The first-order valence-electron chi connectivity index (χ1n) is 6.18. The van der Waals surface area contributed by atoms with Crippen molar-refractivity contribution in [2.24, 2.45) is 0 Å². The van der Waals surface area contributed by atoms with Crippen LogP contribution in [0, 0.1) is 6.92 Å². The van der Waals surface area contributed by atoms with Gasteiger partial charge in [0, 0.05) is 23.7 Å². The Hall–Kier alpha value is -1.40. The van der Waals surface area contributed by atoms with Crippen molar-refractivity contribution >= 4 is 11.3 Å². The minimum absolute atomic E-state index is 0.0264. The Bertz CT molecular complexity index is 561. The molecule has 0 aliphatic rings. The lowest BCUT2D eigenvalue weighted by Gasteiger charge is -2.14. The minimum atomic E-state index is -4.28. The Labute approximate surface area is 119 Å². The van der Waals surface area contributed by atoms with E-state index in [0.717, 1.165) is 28.4 Å². The van der Waals surface area contributed by atoms with Gasteiger partial charge in [0.15, 0.2) is 0 Å². The zero-order chi connectivity index (χ0) is 14.8. The van der Waals surface area contributed by atoms with E-state index in [2.05, 4.69) is 10.3 Å². The predicted molar refractivity (Wildman–Crippen MR) is 73.5 cm³/mol. The van der Waals surface area contributed by atoms with Crippen molar-refractivity contribution in [2.45, 2.75) is 32.6 Å². The number of aryl methyl sites for hydroxylation is 1. The van der Waals surface area contributed by atoms with Crippen molar-refractivity contribution in [3.05, 3.63) is 51.5 Å². The molecule has 0 spiro atoms. The number of rotatable bonds is 4. The Balaban J connectivity index is 1.97. The molecule has 0 saturated carbocycles. The van der Waals surface area contributed by atoms with Crippen molar-refractivity contribution in [2.75, 3.05) is 0 Å². The second-order valence-electron chi connectivity index (χ2n) is 4.60. The van der Waals surface area contributed by atoms with Gasteiger partial charge in [0.1, 0.15) is 5.01 Å².